The number of hydrogen-bond donors (Lipinski definition) is 1. The van der Waals surface area contributed by atoms with Crippen molar-refractivity contribution >= 4 is 15.7 Å². The molecule has 0 bridgehead atoms. The molecular weight excluding hydrogens is 326 g/mol. The highest BCUT2D eigenvalue weighted by Gasteiger charge is 2.24. The van der Waals surface area contributed by atoms with Crippen molar-refractivity contribution in [2.24, 2.45) is 0 Å². The van der Waals surface area contributed by atoms with Gasteiger partial charge in [0.15, 0.2) is 0 Å². The summed E-state index contributed by atoms with van der Waals surface area (Å²) in [7, 11) is -3.48. The van der Waals surface area contributed by atoms with Crippen molar-refractivity contribution in [2.45, 2.75) is 39.2 Å². The van der Waals surface area contributed by atoms with Gasteiger partial charge in [-0.25, -0.2) is 13.1 Å². The summed E-state index contributed by atoms with van der Waals surface area (Å²) in [5.41, 5.74) is 2.88. The van der Waals surface area contributed by atoms with Crippen molar-refractivity contribution in [1.29, 1.82) is 0 Å². The average Bonchev–Trinajstić information content (AvgIpc) is 2.84. The van der Waals surface area contributed by atoms with Crippen molar-refractivity contribution in [2.75, 3.05) is 17.1 Å². The molecule has 3 rings (SSSR count). The lowest BCUT2D eigenvalue weighted by molar-refractivity contribution is 0.0306. The lowest BCUT2D eigenvalue weighted by Crippen LogP contribution is -2.31. The minimum absolute atomic E-state index is 0.0115. The van der Waals surface area contributed by atoms with E-state index in [1.165, 1.54) is 0 Å². The fourth-order valence-corrected chi connectivity index (χ4v) is 4.43. The first-order chi connectivity index (χ1) is 11.5. The molecule has 0 unspecified atom stereocenters. The van der Waals surface area contributed by atoms with Gasteiger partial charge >= 0.3 is 0 Å². The highest BCUT2D eigenvalue weighted by molar-refractivity contribution is 7.92. The Labute approximate surface area is 142 Å². The normalized spacial score (nSPS) is 18.5. The fourth-order valence-electron chi connectivity index (χ4n) is 2.99. The molecule has 1 aliphatic rings. The van der Waals surface area contributed by atoms with E-state index in [1.807, 2.05) is 37.3 Å². The third-order valence-electron chi connectivity index (χ3n) is 4.23. The SMILES string of the molecule is Cc1nn(-c2ccccc2)c(C)c1NS(=O)(=O)C[C@@H]1CCCCO1. The van der Waals surface area contributed by atoms with Crippen LogP contribution in [0.1, 0.15) is 30.7 Å². The molecule has 130 valence electrons. The lowest BCUT2D eigenvalue weighted by Gasteiger charge is -2.22. The summed E-state index contributed by atoms with van der Waals surface area (Å²) >= 11 is 0. The highest BCUT2D eigenvalue weighted by atomic mass is 32.2. The fraction of sp³-hybridized carbons (Fsp3) is 0.471. The quantitative estimate of drug-likeness (QED) is 0.901. The van der Waals surface area contributed by atoms with E-state index < -0.39 is 10.0 Å². The average molecular weight is 349 g/mol. The van der Waals surface area contributed by atoms with Crippen LogP contribution in [-0.4, -0.2) is 36.7 Å². The second kappa shape index (κ2) is 6.94. The number of ether oxygens (including phenoxy) is 1. The summed E-state index contributed by atoms with van der Waals surface area (Å²) in [5, 5.41) is 4.47. The van der Waals surface area contributed by atoms with Gasteiger partial charge in [0.25, 0.3) is 0 Å². The maximum absolute atomic E-state index is 12.5. The van der Waals surface area contributed by atoms with Crippen LogP contribution in [0.15, 0.2) is 30.3 Å². The first-order valence-electron chi connectivity index (χ1n) is 8.20. The second-order valence-corrected chi connectivity index (χ2v) is 7.93. The van der Waals surface area contributed by atoms with E-state index in [2.05, 4.69) is 9.82 Å². The Morgan fingerprint density at radius 1 is 1.25 bits per heavy atom. The van der Waals surface area contributed by atoms with Crippen LogP contribution in [0, 0.1) is 13.8 Å². The standard InChI is InChI=1S/C17H23N3O3S/c1-13-17(14(2)20(18-13)15-8-4-3-5-9-15)19-24(21,22)12-16-10-6-7-11-23-16/h3-5,8-9,16,19H,6-7,10-12H2,1-2H3/t16-/m0/s1. The van der Waals surface area contributed by atoms with Crippen molar-refractivity contribution in [3.8, 4) is 5.69 Å². The molecule has 0 amide bonds. The molecule has 1 atom stereocenters. The van der Waals surface area contributed by atoms with Gasteiger partial charge in [0.05, 0.1) is 34.6 Å². The Kier molecular flexibility index (Phi) is 4.91. The number of aromatic nitrogens is 2. The van der Waals surface area contributed by atoms with Gasteiger partial charge in [-0.3, -0.25) is 4.72 Å². The number of aryl methyl sites for hydroxylation is 1. The summed E-state index contributed by atoms with van der Waals surface area (Å²) < 4.78 is 35.0. The first kappa shape index (κ1) is 17.0. The van der Waals surface area contributed by atoms with Crippen LogP contribution in [0.5, 0.6) is 0 Å². The Hall–Kier alpha value is -1.86. The zero-order valence-corrected chi connectivity index (χ0v) is 14.8. The second-order valence-electron chi connectivity index (χ2n) is 6.17. The Morgan fingerprint density at radius 2 is 2.00 bits per heavy atom. The summed E-state index contributed by atoms with van der Waals surface area (Å²) in [6, 6.07) is 9.66. The van der Waals surface area contributed by atoms with Gasteiger partial charge in [-0.1, -0.05) is 18.2 Å². The highest BCUT2D eigenvalue weighted by Crippen LogP contribution is 2.24. The van der Waals surface area contributed by atoms with E-state index in [0.717, 1.165) is 30.6 Å². The molecule has 7 heteroatoms. The van der Waals surface area contributed by atoms with Crippen molar-refractivity contribution in [3.63, 3.8) is 0 Å². The molecule has 0 aliphatic carbocycles. The largest absolute Gasteiger partial charge is 0.377 e. The van der Waals surface area contributed by atoms with E-state index in [1.54, 1.807) is 11.6 Å². The van der Waals surface area contributed by atoms with Crippen LogP contribution in [0.4, 0.5) is 5.69 Å². The van der Waals surface area contributed by atoms with Crippen molar-refractivity contribution in [3.05, 3.63) is 41.7 Å². The maximum atomic E-state index is 12.5. The monoisotopic (exact) mass is 349 g/mol. The van der Waals surface area contributed by atoms with Crippen LogP contribution in [0.25, 0.3) is 5.69 Å². The molecule has 0 spiro atoms. The predicted molar refractivity (Wildman–Crippen MR) is 94.0 cm³/mol. The van der Waals surface area contributed by atoms with Crippen LogP contribution >= 0.6 is 0 Å². The number of sulfonamides is 1. The van der Waals surface area contributed by atoms with Crippen molar-refractivity contribution in [1.82, 2.24) is 9.78 Å². The smallest absolute Gasteiger partial charge is 0.235 e. The van der Waals surface area contributed by atoms with E-state index >= 15 is 0 Å². The van der Waals surface area contributed by atoms with E-state index in [0.29, 0.717) is 18.0 Å². The van der Waals surface area contributed by atoms with Crippen molar-refractivity contribution < 1.29 is 13.2 Å². The molecule has 0 saturated carbocycles. The summed E-state index contributed by atoms with van der Waals surface area (Å²) in [5.74, 6) is -0.0115. The van der Waals surface area contributed by atoms with E-state index in [4.69, 9.17) is 4.74 Å². The maximum Gasteiger partial charge on any atom is 0.235 e. The number of nitrogens with one attached hydrogen (secondary N) is 1. The predicted octanol–water partition coefficient (Wildman–Crippen LogP) is 2.80. The number of para-hydroxylation sites is 1. The number of benzene rings is 1. The Balaban J connectivity index is 1.81. The van der Waals surface area contributed by atoms with E-state index in [-0.39, 0.29) is 11.9 Å². The molecule has 1 aromatic carbocycles. The number of anilines is 1. The molecule has 1 fully saturated rings. The lowest BCUT2D eigenvalue weighted by atomic mass is 10.1. The number of nitrogens with zero attached hydrogens (tertiary/aromatic N) is 2. The first-order valence-corrected chi connectivity index (χ1v) is 9.85. The number of rotatable bonds is 5. The van der Waals surface area contributed by atoms with Gasteiger partial charge < -0.3 is 4.74 Å². The van der Waals surface area contributed by atoms with Crippen LogP contribution < -0.4 is 4.72 Å². The molecule has 1 N–H and O–H groups in total. The Morgan fingerprint density at radius 3 is 2.67 bits per heavy atom. The van der Waals surface area contributed by atoms with Crippen LogP contribution in [-0.2, 0) is 14.8 Å². The zero-order valence-electron chi connectivity index (χ0n) is 14.0. The molecule has 2 heterocycles. The van der Waals surface area contributed by atoms with Gasteiger partial charge in [-0.2, -0.15) is 5.10 Å². The minimum atomic E-state index is -3.48. The van der Waals surface area contributed by atoms with Gasteiger partial charge in [-0.05, 0) is 45.2 Å². The summed E-state index contributed by atoms with van der Waals surface area (Å²) in [6.07, 6.45) is 2.60. The molecule has 0 radical (unpaired) electrons. The molecule has 1 saturated heterocycles. The molecule has 2 aromatic rings. The summed E-state index contributed by atoms with van der Waals surface area (Å²) in [4.78, 5) is 0. The molecule has 24 heavy (non-hydrogen) atoms. The topological polar surface area (TPSA) is 73.2 Å². The Bertz CT molecular complexity index is 794. The zero-order chi connectivity index (χ0) is 17.2. The third-order valence-corrected chi connectivity index (χ3v) is 5.55. The summed E-state index contributed by atoms with van der Waals surface area (Å²) in [6.45, 7) is 4.31. The van der Waals surface area contributed by atoms with Crippen LogP contribution in [0.3, 0.4) is 0 Å². The molecule has 6 nitrogen and oxygen atoms in total. The van der Waals surface area contributed by atoms with Gasteiger partial charge in [0.2, 0.25) is 10.0 Å². The molecular formula is C17H23N3O3S. The molecule has 1 aliphatic heterocycles. The van der Waals surface area contributed by atoms with Gasteiger partial charge in [0.1, 0.15) is 0 Å². The van der Waals surface area contributed by atoms with Gasteiger partial charge in [-0.15, -0.1) is 0 Å². The minimum Gasteiger partial charge on any atom is -0.377 e. The van der Waals surface area contributed by atoms with Gasteiger partial charge in [0, 0.05) is 6.61 Å². The third kappa shape index (κ3) is 3.79. The molecule has 1 aromatic heterocycles. The van der Waals surface area contributed by atoms with E-state index in [9.17, 15) is 8.42 Å². The van der Waals surface area contributed by atoms with Crippen LogP contribution in [0.2, 0.25) is 0 Å². The number of hydrogen-bond acceptors (Lipinski definition) is 4.